The molecule has 2 N–H and O–H groups in total. The molecule has 0 atom stereocenters. The van der Waals surface area contributed by atoms with Crippen molar-refractivity contribution in [3.63, 3.8) is 0 Å². The number of para-hydroxylation sites is 1. The molecular weight excluding hydrogens is 334 g/mol. The largest absolute Gasteiger partial charge is 0.395 e. The van der Waals surface area contributed by atoms with Gasteiger partial charge >= 0.3 is 5.69 Å². The van der Waals surface area contributed by atoms with Crippen LogP contribution in [-0.4, -0.2) is 36.1 Å². The zero-order valence-corrected chi connectivity index (χ0v) is 13.7. The van der Waals surface area contributed by atoms with Crippen molar-refractivity contribution >= 4 is 34.6 Å². The topological polar surface area (TPSA) is 95.7 Å². The number of aliphatic hydroxyl groups is 1. The molecule has 0 aliphatic heterocycles. The normalized spacial score (nSPS) is 10.3. The molecule has 7 nitrogen and oxygen atoms in total. The van der Waals surface area contributed by atoms with Gasteiger partial charge in [0.2, 0.25) is 0 Å². The van der Waals surface area contributed by atoms with Crippen molar-refractivity contribution in [2.75, 3.05) is 30.4 Å². The lowest BCUT2D eigenvalue weighted by Crippen LogP contribution is -2.21. The number of rotatable bonds is 6. The van der Waals surface area contributed by atoms with Crippen LogP contribution in [0.5, 0.6) is 0 Å². The Kier molecular flexibility index (Phi) is 5.73. The number of hydrogen-bond donors (Lipinski definition) is 2. The maximum atomic E-state index is 12.3. The van der Waals surface area contributed by atoms with Gasteiger partial charge in [-0.25, -0.2) is 0 Å². The van der Waals surface area contributed by atoms with Crippen molar-refractivity contribution < 1.29 is 14.8 Å². The molecule has 0 saturated carbocycles. The van der Waals surface area contributed by atoms with E-state index in [-0.39, 0.29) is 17.2 Å². The molecule has 0 aromatic heterocycles. The number of benzene rings is 2. The lowest BCUT2D eigenvalue weighted by Gasteiger charge is -2.18. The first-order chi connectivity index (χ1) is 11.4. The van der Waals surface area contributed by atoms with Crippen LogP contribution >= 0.6 is 11.6 Å². The van der Waals surface area contributed by atoms with Gasteiger partial charge in [0.05, 0.1) is 11.5 Å². The molecule has 2 aromatic carbocycles. The number of nitro benzene ring substituents is 1. The number of aliphatic hydroxyl groups excluding tert-OH is 1. The van der Waals surface area contributed by atoms with Crippen LogP contribution < -0.4 is 10.2 Å². The van der Waals surface area contributed by atoms with Crippen molar-refractivity contribution in [2.45, 2.75) is 0 Å². The molecule has 0 aliphatic carbocycles. The Morgan fingerprint density at radius 1 is 1.29 bits per heavy atom. The minimum Gasteiger partial charge on any atom is -0.395 e. The molecule has 24 heavy (non-hydrogen) atoms. The number of amides is 1. The third-order valence-corrected chi connectivity index (χ3v) is 3.72. The molecule has 0 saturated heterocycles. The number of likely N-dealkylation sites (N-methyl/N-ethyl adjacent to an activating group) is 1. The SMILES string of the molecule is CN(CCO)c1ccc(NC(=O)c2cccc(Cl)c2[N+](=O)[O-])cc1. The number of nitrogens with one attached hydrogen (secondary N) is 1. The van der Waals surface area contributed by atoms with Gasteiger partial charge in [-0.15, -0.1) is 0 Å². The quantitative estimate of drug-likeness (QED) is 0.617. The van der Waals surface area contributed by atoms with Crippen LogP contribution in [0, 0.1) is 10.1 Å². The zero-order valence-electron chi connectivity index (χ0n) is 12.9. The number of carbonyl (C=O) groups is 1. The predicted molar refractivity (Wildman–Crippen MR) is 92.9 cm³/mol. The van der Waals surface area contributed by atoms with Crippen molar-refractivity contribution in [2.24, 2.45) is 0 Å². The molecule has 0 spiro atoms. The van der Waals surface area contributed by atoms with E-state index in [9.17, 15) is 14.9 Å². The molecule has 126 valence electrons. The molecule has 0 heterocycles. The second-order valence-corrected chi connectivity index (χ2v) is 5.45. The fraction of sp³-hybridized carbons (Fsp3) is 0.188. The van der Waals surface area contributed by atoms with Crippen LogP contribution in [0.2, 0.25) is 5.02 Å². The van der Waals surface area contributed by atoms with Gasteiger partial charge < -0.3 is 15.3 Å². The summed E-state index contributed by atoms with van der Waals surface area (Å²) in [7, 11) is 1.83. The first-order valence-electron chi connectivity index (χ1n) is 7.10. The van der Waals surface area contributed by atoms with Gasteiger partial charge in [0.25, 0.3) is 5.91 Å². The molecule has 0 radical (unpaired) electrons. The minimum atomic E-state index is -0.676. The van der Waals surface area contributed by atoms with Crippen LogP contribution in [-0.2, 0) is 0 Å². The van der Waals surface area contributed by atoms with Crippen molar-refractivity contribution in [3.8, 4) is 0 Å². The van der Waals surface area contributed by atoms with E-state index in [0.717, 1.165) is 5.69 Å². The fourth-order valence-corrected chi connectivity index (χ4v) is 2.40. The number of anilines is 2. The Balaban J connectivity index is 2.19. The van der Waals surface area contributed by atoms with Gasteiger partial charge in [-0.1, -0.05) is 17.7 Å². The monoisotopic (exact) mass is 349 g/mol. The second kappa shape index (κ2) is 7.76. The van der Waals surface area contributed by atoms with Crippen molar-refractivity contribution in [1.29, 1.82) is 0 Å². The molecule has 0 fully saturated rings. The average molecular weight is 350 g/mol. The Bertz CT molecular complexity index is 749. The molecule has 0 bridgehead atoms. The van der Waals surface area contributed by atoms with Crippen LogP contribution in [0.25, 0.3) is 0 Å². The lowest BCUT2D eigenvalue weighted by molar-refractivity contribution is -0.385. The third-order valence-electron chi connectivity index (χ3n) is 3.42. The lowest BCUT2D eigenvalue weighted by atomic mass is 10.1. The number of halogens is 1. The van der Waals surface area contributed by atoms with Crippen molar-refractivity contribution in [3.05, 3.63) is 63.2 Å². The summed E-state index contributed by atoms with van der Waals surface area (Å²) >= 11 is 5.81. The molecule has 2 aromatic rings. The van der Waals surface area contributed by atoms with Gasteiger partial charge in [0.1, 0.15) is 10.6 Å². The van der Waals surface area contributed by atoms with E-state index >= 15 is 0 Å². The van der Waals surface area contributed by atoms with Gasteiger partial charge in [0, 0.05) is 25.0 Å². The maximum absolute atomic E-state index is 12.3. The number of carbonyl (C=O) groups excluding carboxylic acids is 1. The summed E-state index contributed by atoms with van der Waals surface area (Å²) in [6.07, 6.45) is 0. The summed E-state index contributed by atoms with van der Waals surface area (Å²) in [5.74, 6) is -0.610. The number of hydrogen-bond acceptors (Lipinski definition) is 5. The summed E-state index contributed by atoms with van der Waals surface area (Å²) in [5, 5.41) is 22.5. The second-order valence-electron chi connectivity index (χ2n) is 5.04. The molecule has 1 amide bonds. The summed E-state index contributed by atoms with van der Waals surface area (Å²) in [5.41, 5.74) is 0.844. The molecule has 2 rings (SSSR count). The van der Waals surface area contributed by atoms with Crippen LogP contribution in [0.4, 0.5) is 17.1 Å². The fourth-order valence-electron chi connectivity index (χ4n) is 2.16. The molecule has 8 heteroatoms. The summed E-state index contributed by atoms with van der Waals surface area (Å²) in [6, 6.07) is 11.1. The zero-order chi connectivity index (χ0) is 17.7. The van der Waals surface area contributed by atoms with Crippen LogP contribution in [0.15, 0.2) is 42.5 Å². The molecule has 0 aliphatic rings. The molecular formula is C16H16ClN3O4. The van der Waals surface area contributed by atoms with Gasteiger partial charge in [-0.05, 0) is 36.4 Å². The van der Waals surface area contributed by atoms with E-state index in [0.29, 0.717) is 12.2 Å². The van der Waals surface area contributed by atoms with Gasteiger partial charge in [-0.3, -0.25) is 14.9 Å². The Morgan fingerprint density at radius 3 is 2.54 bits per heavy atom. The van der Waals surface area contributed by atoms with E-state index in [2.05, 4.69) is 5.32 Å². The summed E-state index contributed by atoms with van der Waals surface area (Å²) in [6.45, 7) is 0.522. The number of nitro groups is 1. The predicted octanol–water partition coefficient (Wildman–Crippen LogP) is 2.93. The highest BCUT2D eigenvalue weighted by Crippen LogP contribution is 2.29. The first-order valence-corrected chi connectivity index (χ1v) is 7.48. The Labute approximate surface area is 143 Å². The van der Waals surface area contributed by atoms with Gasteiger partial charge in [-0.2, -0.15) is 0 Å². The Hall–Kier alpha value is -2.64. The standard InChI is InChI=1S/C16H16ClN3O4/c1-19(9-10-21)12-7-5-11(6-8-12)18-16(22)13-3-2-4-14(17)15(13)20(23)24/h2-8,21H,9-10H2,1H3,(H,18,22). The van der Waals surface area contributed by atoms with Crippen molar-refractivity contribution in [1.82, 2.24) is 0 Å². The highest BCUT2D eigenvalue weighted by atomic mass is 35.5. The first kappa shape index (κ1) is 17.7. The highest BCUT2D eigenvalue weighted by Gasteiger charge is 2.23. The third kappa shape index (κ3) is 4.01. The van der Waals surface area contributed by atoms with Crippen LogP contribution in [0.3, 0.4) is 0 Å². The van der Waals surface area contributed by atoms with Crippen LogP contribution in [0.1, 0.15) is 10.4 Å². The summed E-state index contributed by atoms with van der Waals surface area (Å²) in [4.78, 5) is 24.6. The van der Waals surface area contributed by atoms with E-state index < -0.39 is 16.5 Å². The minimum absolute atomic E-state index is 0.0351. The smallest absolute Gasteiger partial charge is 0.300 e. The number of nitrogens with zero attached hydrogens (tertiary/aromatic N) is 2. The summed E-state index contributed by atoms with van der Waals surface area (Å²) < 4.78 is 0. The maximum Gasteiger partial charge on any atom is 0.300 e. The van der Waals surface area contributed by atoms with E-state index in [1.54, 1.807) is 24.3 Å². The highest BCUT2D eigenvalue weighted by molar-refractivity contribution is 6.33. The Morgan fingerprint density at radius 2 is 1.96 bits per heavy atom. The van der Waals surface area contributed by atoms with E-state index in [1.165, 1.54) is 18.2 Å². The average Bonchev–Trinajstić information content (AvgIpc) is 2.55. The van der Waals surface area contributed by atoms with E-state index in [1.807, 2.05) is 11.9 Å². The molecule has 0 unspecified atom stereocenters. The van der Waals surface area contributed by atoms with E-state index in [4.69, 9.17) is 16.7 Å². The van der Waals surface area contributed by atoms with Gasteiger partial charge in [0.15, 0.2) is 0 Å².